The topological polar surface area (TPSA) is 67.3 Å². The smallest absolute Gasteiger partial charge is 0.419 e. The second kappa shape index (κ2) is 10.1. The number of ether oxygens (including phenoxy) is 1. The molecule has 6 rings (SSSR count). The number of aromatic amines is 1. The average molecular weight is 492 g/mol. The molecule has 0 saturated carbocycles. The van der Waals surface area contributed by atoms with Crippen LogP contribution in [0.1, 0.15) is 24.8 Å². The molecule has 2 aromatic heterocycles. The minimum atomic E-state index is -0.420. The van der Waals surface area contributed by atoms with E-state index in [2.05, 4.69) is 46.3 Å². The van der Waals surface area contributed by atoms with E-state index in [9.17, 15) is 9.59 Å². The molecule has 0 spiro atoms. The molecule has 3 heterocycles. The maximum atomic E-state index is 13.3. The van der Waals surface area contributed by atoms with E-state index in [0.717, 1.165) is 55.2 Å². The number of benzene rings is 3. The summed E-state index contributed by atoms with van der Waals surface area (Å²) in [5.41, 5.74) is 4.63. The fourth-order valence-corrected chi connectivity index (χ4v) is 5.37. The summed E-state index contributed by atoms with van der Waals surface area (Å²) in [6.07, 6.45) is 4.73. The highest BCUT2D eigenvalue weighted by Crippen LogP contribution is 2.31. The Labute approximate surface area is 214 Å². The first-order chi connectivity index (χ1) is 18.2. The SMILES string of the molecule is O=C(OCCCCN1CC=C(c2ccccc2)CC1)n1c2ccccc2c2[nH]c(=O)c3ccccc3c21. The van der Waals surface area contributed by atoms with Crippen molar-refractivity contribution in [2.45, 2.75) is 19.3 Å². The van der Waals surface area contributed by atoms with Crippen LogP contribution in [0.15, 0.2) is 89.7 Å². The second-order valence-electron chi connectivity index (χ2n) is 9.54. The fourth-order valence-electron chi connectivity index (χ4n) is 5.37. The predicted octanol–water partition coefficient (Wildman–Crippen LogP) is 6.19. The molecular weight excluding hydrogens is 462 g/mol. The molecule has 0 radical (unpaired) electrons. The van der Waals surface area contributed by atoms with E-state index in [1.807, 2.05) is 42.5 Å². The molecule has 6 heteroatoms. The lowest BCUT2D eigenvalue weighted by atomic mass is 9.99. The number of fused-ring (bicyclic) bond motifs is 5. The van der Waals surface area contributed by atoms with Crippen LogP contribution in [0.3, 0.4) is 0 Å². The number of nitrogens with one attached hydrogen (secondary N) is 1. The number of carbonyl (C=O) groups is 1. The van der Waals surface area contributed by atoms with E-state index in [4.69, 9.17) is 4.74 Å². The van der Waals surface area contributed by atoms with Crippen LogP contribution in [-0.2, 0) is 4.74 Å². The number of carbonyl (C=O) groups excluding carboxylic acids is 1. The third-order valence-corrected chi connectivity index (χ3v) is 7.25. The van der Waals surface area contributed by atoms with Gasteiger partial charge in [-0.15, -0.1) is 0 Å². The monoisotopic (exact) mass is 491 g/mol. The van der Waals surface area contributed by atoms with Crippen molar-refractivity contribution in [3.63, 3.8) is 0 Å². The lowest BCUT2D eigenvalue weighted by Crippen LogP contribution is -2.29. The Bertz CT molecular complexity index is 1680. The van der Waals surface area contributed by atoms with Gasteiger partial charge in [-0.1, -0.05) is 72.8 Å². The summed E-state index contributed by atoms with van der Waals surface area (Å²) in [5, 5.41) is 2.12. The Hall–Kier alpha value is -4.16. The molecule has 0 saturated heterocycles. The second-order valence-corrected chi connectivity index (χ2v) is 9.54. The Kier molecular flexibility index (Phi) is 6.33. The molecule has 3 aromatic carbocycles. The number of hydrogen-bond donors (Lipinski definition) is 1. The highest BCUT2D eigenvalue weighted by atomic mass is 16.5. The van der Waals surface area contributed by atoms with Crippen LogP contribution in [0.4, 0.5) is 4.79 Å². The Balaban J connectivity index is 1.13. The van der Waals surface area contributed by atoms with Crippen LogP contribution in [0.25, 0.3) is 38.3 Å². The highest BCUT2D eigenvalue weighted by molar-refractivity contribution is 6.18. The lowest BCUT2D eigenvalue weighted by Gasteiger charge is -2.26. The molecule has 0 unspecified atom stereocenters. The van der Waals surface area contributed by atoms with Gasteiger partial charge >= 0.3 is 6.09 Å². The predicted molar refractivity (Wildman–Crippen MR) is 149 cm³/mol. The number of hydrogen-bond acceptors (Lipinski definition) is 4. The first kappa shape index (κ1) is 23.3. The van der Waals surface area contributed by atoms with Gasteiger partial charge in [0.2, 0.25) is 0 Å². The molecular formula is C31H29N3O3. The number of para-hydroxylation sites is 1. The maximum absolute atomic E-state index is 13.3. The summed E-state index contributed by atoms with van der Waals surface area (Å²) in [5.74, 6) is 0. The van der Waals surface area contributed by atoms with Crippen LogP contribution in [0.2, 0.25) is 0 Å². The van der Waals surface area contributed by atoms with E-state index in [-0.39, 0.29) is 5.56 Å². The van der Waals surface area contributed by atoms with Crippen molar-refractivity contribution in [1.29, 1.82) is 0 Å². The van der Waals surface area contributed by atoms with E-state index in [0.29, 0.717) is 23.0 Å². The standard InChI is InChI=1S/C31H29N3O3/c35-30-25-13-5-4-12-24(25)29-28(32-30)26-14-6-7-15-27(26)34(29)31(36)37-21-9-8-18-33-19-16-23(17-20-33)22-10-2-1-3-11-22/h1-7,10-16H,8-9,17-21H2,(H,32,35). The first-order valence-electron chi connectivity index (χ1n) is 12.9. The number of aromatic nitrogens is 2. The van der Waals surface area contributed by atoms with Gasteiger partial charge < -0.3 is 9.72 Å². The summed E-state index contributed by atoms with van der Waals surface area (Å²) in [4.78, 5) is 31.5. The summed E-state index contributed by atoms with van der Waals surface area (Å²) in [6.45, 7) is 3.34. The zero-order chi connectivity index (χ0) is 25.2. The van der Waals surface area contributed by atoms with Gasteiger partial charge in [-0.25, -0.2) is 9.36 Å². The van der Waals surface area contributed by atoms with Crippen LogP contribution in [0.5, 0.6) is 0 Å². The maximum Gasteiger partial charge on any atom is 0.419 e. The van der Waals surface area contributed by atoms with Gasteiger partial charge in [0.1, 0.15) is 0 Å². The van der Waals surface area contributed by atoms with Crippen LogP contribution in [-0.4, -0.2) is 46.8 Å². The summed E-state index contributed by atoms with van der Waals surface area (Å²) < 4.78 is 7.35. The molecule has 0 atom stereocenters. The van der Waals surface area contributed by atoms with Crippen LogP contribution in [0, 0.1) is 0 Å². The Morgan fingerprint density at radius 1 is 0.865 bits per heavy atom. The van der Waals surface area contributed by atoms with Crippen LogP contribution < -0.4 is 5.56 Å². The highest BCUT2D eigenvalue weighted by Gasteiger charge is 2.20. The molecule has 0 aliphatic carbocycles. The number of pyridine rings is 1. The lowest BCUT2D eigenvalue weighted by molar-refractivity contribution is 0.146. The normalized spacial score (nSPS) is 14.3. The molecule has 5 aromatic rings. The number of H-pyrrole nitrogens is 1. The van der Waals surface area contributed by atoms with E-state index in [1.165, 1.54) is 11.1 Å². The molecule has 1 N–H and O–H groups in total. The van der Waals surface area contributed by atoms with Gasteiger partial charge in [0.15, 0.2) is 0 Å². The number of nitrogens with zero attached hydrogens (tertiary/aromatic N) is 2. The molecule has 1 aliphatic heterocycles. The third-order valence-electron chi connectivity index (χ3n) is 7.25. The fraction of sp³-hybridized carbons (Fsp3) is 0.226. The van der Waals surface area contributed by atoms with Crippen molar-refractivity contribution in [2.24, 2.45) is 0 Å². The van der Waals surface area contributed by atoms with E-state index < -0.39 is 6.09 Å². The number of rotatable bonds is 6. The van der Waals surface area contributed by atoms with Crippen molar-refractivity contribution in [3.8, 4) is 0 Å². The minimum Gasteiger partial charge on any atom is -0.449 e. The van der Waals surface area contributed by atoms with Gasteiger partial charge in [0, 0.05) is 29.2 Å². The van der Waals surface area contributed by atoms with Crippen molar-refractivity contribution in [3.05, 3.63) is 101 Å². The molecule has 6 nitrogen and oxygen atoms in total. The molecule has 186 valence electrons. The molecule has 0 fully saturated rings. The van der Waals surface area contributed by atoms with Gasteiger partial charge in [-0.3, -0.25) is 9.69 Å². The van der Waals surface area contributed by atoms with E-state index in [1.54, 1.807) is 10.6 Å². The molecule has 1 aliphatic rings. The summed E-state index contributed by atoms with van der Waals surface area (Å²) >= 11 is 0. The van der Waals surface area contributed by atoms with Crippen molar-refractivity contribution < 1.29 is 9.53 Å². The van der Waals surface area contributed by atoms with Crippen LogP contribution >= 0.6 is 0 Å². The van der Waals surface area contributed by atoms with Crippen molar-refractivity contribution in [2.75, 3.05) is 26.2 Å². The molecule has 0 bridgehead atoms. The van der Waals surface area contributed by atoms with Gasteiger partial charge in [0.25, 0.3) is 5.56 Å². The zero-order valence-corrected chi connectivity index (χ0v) is 20.7. The minimum absolute atomic E-state index is 0.164. The Morgan fingerprint density at radius 2 is 1.59 bits per heavy atom. The number of unbranched alkanes of at least 4 members (excludes halogenated alkanes) is 1. The Morgan fingerprint density at radius 3 is 2.38 bits per heavy atom. The van der Waals surface area contributed by atoms with Crippen molar-refractivity contribution in [1.82, 2.24) is 14.5 Å². The molecule has 37 heavy (non-hydrogen) atoms. The quantitative estimate of drug-likeness (QED) is 0.288. The van der Waals surface area contributed by atoms with Gasteiger partial charge in [-0.2, -0.15) is 0 Å². The average Bonchev–Trinajstić information content (AvgIpc) is 3.28. The third kappa shape index (κ3) is 4.45. The summed E-state index contributed by atoms with van der Waals surface area (Å²) in [7, 11) is 0. The zero-order valence-electron chi connectivity index (χ0n) is 20.7. The summed E-state index contributed by atoms with van der Waals surface area (Å²) in [6, 6.07) is 25.5. The first-order valence-corrected chi connectivity index (χ1v) is 12.9. The van der Waals surface area contributed by atoms with Gasteiger partial charge in [-0.05, 0) is 49.1 Å². The van der Waals surface area contributed by atoms with E-state index >= 15 is 0 Å². The van der Waals surface area contributed by atoms with Crippen molar-refractivity contribution >= 4 is 44.4 Å². The largest absolute Gasteiger partial charge is 0.449 e. The van der Waals surface area contributed by atoms with Gasteiger partial charge in [0.05, 0.1) is 23.2 Å². The molecule has 0 amide bonds.